The van der Waals surface area contributed by atoms with Gasteiger partial charge in [-0.1, -0.05) is 178 Å². The van der Waals surface area contributed by atoms with Crippen LogP contribution in [0.25, 0.3) is 0 Å². The van der Waals surface area contributed by atoms with E-state index in [1.54, 1.807) is 0 Å². The van der Waals surface area contributed by atoms with Gasteiger partial charge in [0.15, 0.2) is 0 Å². The zero-order valence-corrected chi connectivity index (χ0v) is 27.8. The van der Waals surface area contributed by atoms with Crippen molar-refractivity contribution in [1.82, 2.24) is 0 Å². The lowest BCUT2D eigenvalue weighted by molar-refractivity contribution is 0.0190. The first-order valence-corrected chi connectivity index (χ1v) is 18.5. The van der Waals surface area contributed by atoms with Crippen molar-refractivity contribution < 1.29 is 14.3 Å². The Morgan fingerprint density at radius 1 is 0.659 bits per heavy atom. The van der Waals surface area contributed by atoms with Crippen molar-refractivity contribution in [3.05, 3.63) is 72.8 Å². The van der Waals surface area contributed by atoms with Gasteiger partial charge in [0.1, 0.15) is 0 Å². The highest BCUT2D eigenvalue weighted by molar-refractivity contribution is 6.99. The minimum atomic E-state index is -2.64. The predicted molar refractivity (Wildman–Crippen MR) is 180 cm³/mol. The van der Waals surface area contributed by atoms with E-state index in [-0.39, 0.29) is 18.3 Å². The molecule has 0 spiro atoms. The second-order valence-corrected chi connectivity index (χ2v) is 17.0. The topological polar surface area (TPSA) is 38.7 Å². The van der Waals surface area contributed by atoms with Crippen LogP contribution < -0.4 is 10.4 Å². The Bertz CT molecular complexity index is 867. The molecule has 230 valence electrons. The third-order valence-electron chi connectivity index (χ3n) is 8.07. The zero-order valence-electron chi connectivity index (χ0n) is 26.8. The number of rotatable bonds is 23. The summed E-state index contributed by atoms with van der Waals surface area (Å²) in [7, 11) is -2.64. The van der Waals surface area contributed by atoms with Crippen LogP contribution >= 0.6 is 0 Å². The number of benzene rings is 2. The van der Waals surface area contributed by atoms with Crippen LogP contribution in [0, 0.1) is 0 Å². The molecular weight excluding hydrogens is 520 g/mol. The molecule has 41 heavy (non-hydrogen) atoms. The molecule has 0 unspecified atom stereocenters. The Morgan fingerprint density at radius 2 is 1.12 bits per heavy atom. The van der Waals surface area contributed by atoms with Gasteiger partial charge in [-0.05, 0) is 28.3 Å². The fourth-order valence-corrected chi connectivity index (χ4v) is 10.4. The molecule has 3 nitrogen and oxygen atoms in total. The van der Waals surface area contributed by atoms with E-state index in [9.17, 15) is 5.11 Å². The molecule has 0 aliphatic rings. The molecule has 0 radical (unpaired) electrons. The van der Waals surface area contributed by atoms with Gasteiger partial charge in [0.2, 0.25) is 0 Å². The Morgan fingerprint density at radius 3 is 1.59 bits per heavy atom. The van der Waals surface area contributed by atoms with Crippen LogP contribution in [0.2, 0.25) is 5.04 Å². The maximum absolute atomic E-state index is 10.8. The van der Waals surface area contributed by atoms with E-state index in [0.29, 0.717) is 6.61 Å². The number of aliphatic hydroxyl groups is 1. The van der Waals surface area contributed by atoms with E-state index in [0.717, 1.165) is 6.42 Å². The summed E-state index contributed by atoms with van der Waals surface area (Å²) in [4.78, 5) is 0. The fraction of sp³-hybridized carbons (Fsp3) is 0.622. The smallest absolute Gasteiger partial charge is 0.261 e. The summed E-state index contributed by atoms with van der Waals surface area (Å²) in [5.74, 6) is 0. The Kier molecular flexibility index (Phi) is 18.2. The molecule has 2 aromatic rings. The average Bonchev–Trinajstić information content (AvgIpc) is 2.97. The molecule has 0 aromatic heterocycles. The SMILES string of the molecule is CCCCCCCCCCCCCCC/C=C/COC[C@@H](O)CO[Si](c1ccccc1)(c1ccccc1)C(C)(C)C. The third kappa shape index (κ3) is 13.4. The normalized spacial score (nSPS) is 13.2. The summed E-state index contributed by atoms with van der Waals surface area (Å²) >= 11 is 0. The first-order chi connectivity index (χ1) is 19.9. The summed E-state index contributed by atoms with van der Waals surface area (Å²) in [6, 6.07) is 21.1. The molecule has 0 fully saturated rings. The van der Waals surface area contributed by atoms with Crippen molar-refractivity contribution in [1.29, 1.82) is 0 Å². The lowest BCUT2D eigenvalue weighted by Crippen LogP contribution is -2.67. The van der Waals surface area contributed by atoms with Gasteiger partial charge in [-0.15, -0.1) is 0 Å². The molecule has 2 rings (SSSR count). The zero-order chi connectivity index (χ0) is 29.7. The summed E-state index contributed by atoms with van der Waals surface area (Å²) in [6.45, 7) is 10.1. The molecule has 0 amide bonds. The number of hydrogen-bond acceptors (Lipinski definition) is 3. The second kappa shape index (κ2) is 21.0. The van der Waals surface area contributed by atoms with Gasteiger partial charge in [0, 0.05) is 0 Å². The van der Waals surface area contributed by atoms with E-state index in [2.05, 4.69) is 88.4 Å². The lowest BCUT2D eigenvalue weighted by atomic mass is 10.0. The molecule has 0 saturated heterocycles. The van der Waals surface area contributed by atoms with Crippen molar-refractivity contribution in [2.24, 2.45) is 0 Å². The van der Waals surface area contributed by atoms with Crippen molar-refractivity contribution in [2.45, 2.75) is 129 Å². The standard InChI is InChI=1S/C37H60O3Si/c1-5-6-7-8-9-10-11-12-13-14-15-16-17-18-19-26-31-39-32-34(38)33-40-41(37(2,3)4,35-27-22-20-23-28-35)36-29-24-21-25-30-36/h19-30,34,38H,5-18,31-33H2,1-4H3/b26-19+/t34-/m1/s1. The van der Waals surface area contributed by atoms with Crippen LogP contribution in [-0.2, 0) is 9.16 Å². The largest absolute Gasteiger partial charge is 0.405 e. The molecule has 1 atom stereocenters. The molecule has 1 N–H and O–H groups in total. The van der Waals surface area contributed by atoms with Gasteiger partial charge in [-0.2, -0.15) is 0 Å². The second-order valence-electron chi connectivity index (χ2n) is 12.7. The van der Waals surface area contributed by atoms with Crippen LogP contribution in [0.1, 0.15) is 118 Å². The van der Waals surface area contributed by atoms with Gasteiger partial charge in [-0.3, -0.25) is 0 Å². The summed E-state index contributed by atoms with van der Waals surface area (Å²) in [6.07, 6.45) is 22.8. The number of hydrogen-bond donors (Lipinski definition) is 1. The van der Waals surface area contributed by atoms with Crippen molar-refractivity contribution in [3.63, 3.8) is 0 Å². The Labute approximate surface area is 253 Å². The summed E-state index contributed by atoms with van der Waals surface area (Å²) < 4.78 is 12.6. The monoisotopic (exact) mass is 580 g/mol. The van der Waals surface area contributed by atoms with Crippen LogP contribution in [0.3, 0.4) is 0 Å². The summed E-state index contributed by atoms with van der Waals surface area (Å²) in [5.41, 5.74) is 0. The highest BCUT2D eigenvalue weighted by atomic mass is 28.4. The molecule has 0 aliphatic carbocycles. The van der Waals surface area contributed by atoms with Crippen LogP contribution in [0.5, 0.6) is 0 Å². The van der Waals surface area contributed by atoms with E-state index in [1.807, 2.05) is 12.1 Å². The highest BCUT2D eigenvalue weighted by Crippen LogP contribution is 2.36. The lowest BCUT2D eigenvalue weighted by Gasteiger charge is -2.43. The summed E-state index contributed by atoms with van der Waals surface area (Å²) in [5, 5.41) is 13.1. The average molecular weight is 581 g/mol. The first kappa shape index (κ1) is 35.5. The van der Waals surface area contributed by atoms with Crippen molar-refractivity contribution in [2.75, 3.05) is 19.8 Å². The van der Waals surface area contributed by atoms with E-state index >= 15 is 0 Å². The Hall–Kier alpha value is -1.72. The highest BCUT2D eigenvalue weighted by Gasteiger charge is 2.50. The quantitative estimate of drug-likeness (QED) is 0.0810. The van der Waals surface area contributed by atoms with E-state index < -0.39 is 14.4 Å². The predicted octanol–water partition coefficient (Wildman–Crippen LogP) is 8.98. The maximum atomic E-state index is 10.8. The molecule has 0 aliphatic heterocycles. The molecule has 0 heterocycles. The molecule has 4 heteroatoms. The first-order valence-electron chi connectivity index (χ1n) is 16.6. The molecular formula is C37H60O3Si. The van der Waals surface area contributed by atoms with E-state index in [4.69, 9.17) is 9.16 Å². The van der Waals surface area contributed by atoms with Crippen LogP contribution in [0.4, 0.5) is 0 Å². The molecule has 2 aromatic carbocycles. The van der Waals surface area contributed by atoms with Crippen molar-refractivity contribution in [3.8, 4) is 0 Å². The minimum absolute atomic E-state index is 0.105. The number of ether oxygens (including phenoxy) is 1. The number of allylic oxidation sites excluding steroid dienone is 1. The van der Waals surface area contributed by atoms with Gasteiger partial charge in [0.05, 0.1) is 25.9 Å². The van der Waals surface area contributed by atoms with Crippen molar-refractivity contribution >= 4 is 18.7 Å². The number of aliphatic hydroxyl groups excluding tert-OH is 1. The maximum Gasteiger partial charge on any atom is 0.261 e. The molecule has 0 bridgehead atoms. The van der Waals surface area contributed by atoms with Gasteiger partial charge < -0.3 is 14.3 Å². The van der Waals surface area contributed by atoms with Crippen LogP contribution in [0.15, 0.2) is 72.8 Å². The van der Waals surface area contributed by atoms with Gasteiger partial charge in [-0.25, -0.2) is 0 Å². The molecule has 0 saturated carbocycles. The third-order valence-corrected chi connectivity index (χ3v) is 13.1. The minimum Gasteiger partial charge on any atom is -0.405 e. The fourth-order valence-electron chi connectivity index (χ4n) is 5.77. The van der Waals surface area contributed by atoms with Crippen LogP contribution in [-0.4, -0.2) is 39.3 Å². The Balaban J connectivity index is 1.62. The van der Waals surface area contributed by atoms with Gasteiger partial charge in [0.25, 0.3) is 8.32 Å². The number of unbranched alkanes of at least 4 members (excludes halogenated alkanes) is 13. The van der Waals surface area contributed by atoms with E-state index in [1.165, 1.54) is 93.8 Å². The van der Waals surface area contributed by atoms with Gasteiger partial charge >= 0.3 is 0 Å².